The maximum atomic E-state index is 9.94. The van der Waals surface area contributed by atoms with E-state index < -0.39 is 0 Å². The maximum absolute atomic E-state index is 9.94. The molecular weight excluding hydrogens is 478 g/mol. The highest BCUT2D eigenvalue weighted by molar-refractivity contribution is 6.15. The molecule has 0 atom stereocenters. The lowest BCUT2D eigenvalue weighted by Crippen LogP contribution is -1.97. The highest BCUT2D eigenvalue weighted by atomic mass is 15.0. The molecule has 0 unspecified atom stereocenters. The van der Waals surface area contributed by atoms with E-state index in [1.165, 1.54) is 0 Å². The topological polar surface area (TPSA) is 80.7 Å². The Hall–Kier alpha value is -6.14. The van der Waals surface area contributed by atoms with Gasteiger partial charge in [-0.1, -0.05) is 60.7 Å². The molecule has 5 nitrogen and oxygen atoms in total. The summed E-state index contributed by atoms with van der Waals surface area (Å²) in [6.45, 7) is 7.68. The number of para-hydroxylation sites is 2. The molecule has 5 aromatic carbocycles. The minimum Gasteiger partial charge on any atom is -0.309 e. The molecule has 0 bridgehead atoms. The maximum Gasteiger partial charge on any atom is 0.196 e. The standard InChI is InChI=1S/C34H17N5/c1-38-30-15-6-10-25(21-37)33(30)22-16-17-31-29(18-22)27-13-7-14-28(32-23(19-35)8-5-9-24(32)20-36)34(27)39(31)26-11-3-2-4-12-26/h2-18H. The fourth-order valence-corrected chi connectivity index (χ4v) is 5.33. The van der Waals surface area contributed by atoms with Crippen LogP contribution >= 0.6 is 0 Å². The average Bonchev–Trinajstić information content (AvgIpc) is 3.34. The largest absolute Gasteiger partial charge is 0.309 e. The summed E-state index contributed by atoms with van der Waals surface area (Å²) in [4.78, 5) is 3.68. The number of hydrogen-bond acceptors (Lipinski definition) is 3. The van der Waals surface area contributed by atoms with Crippen molar-refractivity contribution in [1.29, 1.82) is 15.8 Å². The molecule has 0 saturated heterocycles. The van der Waals surface area contributed by atoms with Gasteiger partial charge in [0.05, 0.1) is 46.9 Å². The van der Waals surface area contributed by atoms with Gasteiger partial charge < -0.3 is 4.57 Å². The van der Waals surface area contributed by atoms with Gasteiger partial charge in [0, 0.05) is 38.7 Å². The predicted octanol–water partition coefficient (Wildman–Crippen LogP) is 8.28. The fourth-order valence-electron chi connectivity index (χ4n) is 5.33. The number of fused-ring (bicyclic) bond motifs is 3. The lowest BCUT2D eigenvalue weighted by Gasteiger charge is -2.13. The summed E-state index contributed by atoms with van der Waals surface area (Å²) in [7, 11) is 0. The van der Waals surface area contributed by atoms with E-state index in [0.29, 0.717) is 33.5 Å². The predicted molar refractivity (Wildman–Crippen MR) is 152 cm³/mol. The van der Waals surface area contributed by atoms with Crippen LogP contribution in [-0.2, 0) is 0 Å². The number of aromatic nitrogens is 1. The Morgan fingerprint density at radius 1 is 0.615 bits per heavy atom. The molecule has 6 aromatic rings. The van der Waals surface area contributed by atoms with Crippen LogP contribution in [0.3, 0.4) is 0 Å². The second-order valence-corrected chi connectivity index (χ2v) is 8.98. The highest BCUT2D eigenvalue weighted by Crippen LogP contribution is 2.42. The van der Waals surface area contributed by atoms with Gasteiger partial charge in [-0.15, -0.1) is 0 Å². The van der Waals surface area contributed by atoms with Gasteiger partial charge in [0.15, 0.2) is 5.69 Å². The smallest absolute Gasteiger partial charge is 0.196 e. The van der Waals surface area contributed by atoms with E-state index in [-0.39, 0.29) is 0 Å². The van der Waals surface area contributed by atoms with Crippen molar-refractivity contribution in [3.8, 4) is 46.1 Å². The van der Waals surface area contributed by atoms with Gasteiger partial charge in [-0.05, 0) is 48.0 Å². The summed E-state index contributed by atoms with van der Waals surface area (Å²) in [6, 6.07) is 38.9. The normalized spacial score (nSPS) is 10.5. The Morgan fingerprint density at radius 2 is 1.26 bits per heavy atom. The summed E-state index contributed by atoms with van der Waals surface area (Å²) in [6.07, 6.45) is 0. The summed E-state index contributed by atoms with van der Waals surface area (Å²) >= 11 is 0. The second-order valence-electron chi connectivity index (χ2n) is 8.98. The zero-order valence-electron chi connectivity index (χ0n) is 20.6. The third-order valence-electron chi connectivity index (χ3n) is 6.95. The van der Waals surface area contributed by atoms with Crippen LogP contribution in [0.5, 0.6) is 0 Å². The summed E-state index contributed by atoms with van der Waals surface area (Å²) in [5.41, 5.74) is 7.21. The number of nitrogens with zero attached hydrogens (tertiary/aromatic N) is 5. The first-order valence-corrected chi connectivity index (χ1v) is 12.2. The molecule has 0 fully saturated rings. The van der Waals surface area contributed by atoms with Crippen LogP contribution in [0, 0.1) is 40.6 Å². The third kappa shape index (κ3) is 3.60. The van der Waals surface area contributed by atoms with E-state index in [1.54, 1.807) is 36.4 Å². The minimum absolute atomic E-state index is 0.419. The zero-order valence-corrected chi connectivity index (χ0v) is 20.6. The first-order chi connectivity index (χ1) is 19.2. The van der Waals surface area contributed by atoms with Crippen LogP contribution in [-0.4, -0.2) is 4.57 Å². The second kappa shape index (κ2) is 9.38. The Morgan fingerprint density at radius 3 is 1.92 bits per heavy atom. The first kappa shape index (κ1) is 23.3. The molecule has 0 radical (unpaired) electrons. The van der Waals surface area contributed by atoms with Crippen molar-refractivity contribution in [2.24, 2.45) is 0 Å². The van der Waals surface area contributed by atoms with Crippen molar-refractivity contribution in [2.75, 3.05) is 0 Å². The van der Waals surface area contributed by atoms with Gasteiger partial charge >= 0.3 is 0 Å². The van der Waals surface area contributed by atoms with Crippen molar-refractivity contribution in [3.63, 3.8) is 0 Å². The van der Waals surface area contributed by atoms with Crippen LogP contribution in [0.25, 0.3) is 54.6 Å². The molecule has 0 aliphatic rings. The van der Waals surface area contributed by atoms with Crippen molar-refractivity contribution in [2.45, 2.75) is 0 Å². The molecular formula is C34H17N5. The van der Waals surface area contributed by atoms with Crippen molar-refractivity contribution >= 4 is 27.5 Å². The molecule has 0 saturated carbocycles. The zero-order chi connectivity index (χ0) is 26.9. The average molecular weight is 496 g/mol. The van der Waals surface area contributed by atoms with Crippen LogP contribution in [0.1, 0.15) is 16.7 Å². The Kier molecular flexibility index (Phi) is 5.60. The van der Waals surface area contributed by atoms with Crippen LogP contribution in [0.2, 0.25) is 0 Å². The van der Waals surface area contributed by atoms with E-state index >= 15 is 0 Å². The number of nitriles is 3. The monoisotopic (exact) mass is 495 g/mol. The lowest BCUT2D eigenvalue weighted by atomic mass is 9.93. The highest BCUT2D eigenvalue weighted by Gasteiger charge is 2.21. The van der Waals surface area contributed by atoms with Crippen LogP contribution < -0.4 is 0 Å². The third-order valence-corrected chi connectivity index (χ3v) is 6.95. The van der Waals surface area contributed by atoms with Gasteiger partial charge in [0.1, 0.15) is 0 Å². The molecule has 39 heavy (non-hydrogen) atoms. The molecule has 178 valence electrons. The molecule has 5 heteroatoms. The molecule has 0 aliphatic heterocycles. The Bertz CT molecular complexity index is 2040. The van der Waals surface area contributed by atoms with E-state index in [4.69, 9.17) is 6.57 Å². The van der Waals surface area contributed by atoms with E-state index in [9.17, 15) is 15.8 Å². The van der Waals surface area contributed by atoms with E-state index in [2.05, 4.69) is 27.6 Å². The Labute approximate surface area is 225 Å². The SMILES string of the molecule is [C-]#[N+]c1cccc(C#N)c1-c1ccc2c(c1)c1cccc(-c3c(C#N)cccc3C#N)c1n2-c1ccccc1. The van der Waals surface area contributed by atoms with Gasteiger partial charge in [0.25, 0.3) is 0 Å². The minimum atomic E-state index is 0.419. The number of hydrogen-bond donors (Lipinski definition) is 0. The summed E-state index contributed by atoms with van der Waals surface area (Å²) in [5.74, 6) is 0. The van der Waals surface area contributed by atoms with Gasteiger partial charge in [-0.3, -0.25) is 0 Å². The molecule has 0 aliphatic carbocycles. The summed E-state index contributed by atoms with van der Waals surface area (Å²) < 4.78 is 2.14. The van der Waals surface area contributed by atoms with Crippen LogP contribution in [0.15, 0.2) is 103 Å². The first-order valence-electron chi connectivity index (χ1n) is 12.2. The molecule has 6 rings (SSSR count). The number of rotatable bonds is 3. The fraction of sp³-hybridized carbons (Fsp3) is 0. The van der Waals surface area contributed by atoms with Crippen molar-refractivity contribution < 1.29 is 0 Å². The van der Waals surface area contributed by atoms with E-state index in [0.717, 1.165) is 38.6 Å². The van der Waals surface area contributed by atoms with Crippen molar-refractivity contribution in [1.82, 2.24) is 4.57 Å². The molecule has 1 heterocycles. The van der Waals surface area contributed by atoms with Crippen molar-refractivity contribution in [3.05, 3.63) is 131 Å². The van der Waals surface area contributed by atoms with E-state index in [1.807, 2.05) is 66.7 Å². The molecule has 1 aromatic heterocycles. The molecule has 0 amide bonds. The van der Waals surface area contributed by atoms with Gasteiger partial charge in [-0.25, -0.2) is 4.85 Å². The quantitative estimate of drug-likeness (QED) is 0.232. The molecule has 0 spiro atoms. The molecule has 0 N–H and O–H groups in total. The number of benzene rings is 5. The summed E-state index contributed by atoms with van der Waals surface area (Å²) in [5, 5.41) is 31.5. The van der Waals surface area contributed by atoms with Gasteiger partial charge in [-0.2, -0.15) is 15.8 Å². The van der Waals surface area contributed by atoms with Crippen LogP contribution in [0.4, 0.5) is 5.69 Å². The Balaban J connectivity index is 1.78. The van der Waals surface area contributed by atoms with Gasteiger partial charge in [0.2, 0.25) is 0 Å². The lowest BCUT2D eigenvalue weighted by molar-refractivity contribution is 1.18.